The number of nitrogens with one attached hydrogen (secondary N) is 1. The minimum absolute atomic E-state index is 0.00627. The molecule has 1 aliphatic rings. The van der Waals surface area contributed by atoms with Crippen LogP contribution in [-0.2, 0) is 20.8 Å². The number of hydrogen-bond acceptors (Lipinski definition) is 4. The molecule has 2 atom stereocenters. The van der Waals surface area contributed by atoms with Gasteiger partial charge >= 0.3 is 6.18 Å². The van der Waals surface area contributed by atoms with Crippen LogP contribution in [0.1, 0.15) is 25.1 Å². The van der Waals surface area contributed by atoms with Gasteiger partial charge in [0, 0.05) is 12.2 Å². The Hall–Kier alpha value is -1.58. The molecule has 2 unspecified atom stereocenters. The van der Waals surface area contributed by atoms with Crippen LogP contribution in [0.4, 0.5) is 13.2 Å². The fourth-order valence-corrected chi connectivity index (χ4v) is 3.73. The molecule has 10 heteroatoms. The van der Waals surface area contributed by atoms with Crippen LogP contribution < -0.4 is 5.32 Å². The first kappa shape index (κ1) is 15.8. The van der Waals surface area contributed by atoms with Crippen molar-refractivity contribution in [2.45, 2.75) is 31.6 Å². The maximum atomic E-state index is 12.4. The Kier molecular flexibility index (Phi) is 4.00. The highest BCUT2D eigenvalue weighted by molar-refractivity contribution is 7.91. The van der Waals surface area contributed by atoms with E-state index in [-0.39, 0.29) is 11.5 Å². The molecule has 0 bridgehead atoms. The molecule has 1 fully saturated rings. The van der Waals surface area contributed by atoms with Crippen LogP contribution >= 0.6 is 0 Å². The Labute approximate surface area is 119 Å². The first-order valence-electron chi connectivity index (χ1n) is 6.21. The van der Waals surface area contributed by atoms with Crippen molar-refractivity contribution < 1.29 is 26.4 Å². The number of nitrogens with zero attached hydrogens (tertiary/aromatic N) is 2. The molecule has 0 spiro atoms. The van der Waals surface area contributed by atoms with Crippen molar-refractivity contribution in [2.24, 2.45) is 0 Å². The zero-order valence-corrected chi connectivity index (χ0v) is 11.9. The molecule has 0 saturated carbocycles. The van der Waals surface area contributed by atoms with Gasteiger partial charge in [-0.05, 0) is 19.4 Å². The molecule has 0 radical (unpaired) electrons. The van der Waals surface area contributed by atoms with Gasteiger partial charge in [-0.2, -0.15) is 18.3 Å². The van der Waals surface area contributed by atoms with Gasteiger partial charge in [-0.1, -0.05) is 0 Å². The number of rotatable bonds is 3. The van der Waals surface area contributed by atoms with E-state index in [0.29, 0.717) is 6.42 Å². The summed E-state index contributed by atoms with van der Waals surface area (Å²) in [6.07, 6.45) is -3.19. The summed E-state index contributed by atoms with van der Waals surface area (Å²) in [4.78, 5) is 11.9. The van der Waals surface area contributed by atoms with Crippen molar-refractivity contribution in [1.82, 2.24) is 15.1 Å². The van der Waals surface area contributed by atoms with Gasteiger partial charge < -0.3 is 5.32 Å². The summed E-state index contributed by atoms with van der Waals surface area (Å²) in [5.74, 6) is -0.695. The molecule has 0 aliphatic carbocycles. The normalized spacial score (nSPS) is 23.0. The van der Waals surface area contributed by atoms with Crippen LogP contribution in [0.15, 0.2) is 12.3 Å². The van der Waals surface area contributed by atoms with Gasteiger partial charge in [0.2, 0.25) is 5.91 Å². The first-order chi connectivity index (χ1) is 9.58. The van der Waals surface area contributed by atoms with Gasteiger partial charge in [0.15, 0.2) is 15.5 Å². The van der Waals surface area contributed by atoms with Gasteiger partial charge in [0.1, 0.15) is 6.04 Å². The van der Waals surface area contributed by atoms with E-state index in [1.54, 1.807) is 0 Å². The predicted octanol–water partition coefficient (Wildman–Crippen LogP) is 0.766. The topological polar surface area (TPSA) is 81.1 Å². The van der Waals surface area contributed by atoms with Gasteiger partial charge in [-0.15, -0.1) is 0 Å². The summed E-state index contributed by atoms with van der Waals surface area (Å²) < 4.78 is 60.8. The predicted molar refractivity (Wildman–Crippen MR) is 67.1 cm³/mol. The van der Waals surface area contributed by atoms with Crippen LogP contribution in [0.5, 0.6) is 0 Å². The molecule has 21 heavy (non-hydrogen) atoms. The molecule has 1 saturated heterocycles. The Morgan fingerprint density at radius 3 is 2.67 bits per heavy atom. The Morgan fingerprint density at radius 1 is 1.52 bits per heavy atom. The fraction of sp³-hybridized carbons (Fsp3) is 0.636. The monoisotopic (exact) mass is 325 g/mol. The Balaban J connectivity index is 2.01. The van der Waals surface area contributed by atoms with Crippen molar-refractivity contribution in [3.8, 4) is 0 Å². The molecule has 6 nitrogen and oxygen atoms in total. The van der Waals surface area contributed by atoms with Gasteiger partial charge in [0.05, 0.1) is 11.5 Å². The minimum Gasteiger partial charge on any atom is -0.350 e. The smallest absolute Gasteiger partial charge is 0.350 e. The molecule has 1 aliphatic heterocycles. The van der Waals surface area contributed by atoms with Crippen molar-refractivity contribution >= 4 is 15.7 Å². The highest BCUT2D eigenvalue weighted by Gasteiger charge is 2.35. The standard InChI is InChI=1S/C11H14F3N3O3S/c1-7(17-4-2-9(16-17)11(12,13)14)10(18)15-8-3-5-21(19,20)6-8/h2,4,7-8H,3,5-6H2,1H3,(H,15,18). The second-order valence-corrected chi connectivity index (χ2v) is 7.19. The summed E-state index contributed by atoms with van der Waals surface area (Å²) in [6, 6.07) is -0.670. The molecule has 118 valence electrons. The maximum Gasteiger partial charge on any atom is 0.435 e. The average Bonchev–Trinajstić information content (AvgIpc) is 2.94. The molecule has 2 rings (SSSR count). The van der Waals surface area contributed by atoms with E-state index < -0.39 is 39.7 Å². The van der Waals surface area contributed by atoms with E-state index >= 15 is 0 Å². The zero-order valence-electron chi connectivity index (χ0n) is 11.1. The second kappa shape index (κ2) is 5.32. The van der Waals surface area contributed by atoms with Crippen LogP contribution in [0.3, 0.4) is 0 Å². The lowest BCUT2D eigenvalue weighted by molar-refractivity contribution is -0.142. The zero-order chi connectivity index (χ0) is 15.8. The van der Waals surface area contributed by atoms with E-state index in [1.165, 1.54) is 6.92 Å². The summed E-state index contributed by atoms with van der Waals surface area (Å²) in [5, 5.41) is 5.84. The highest BCUT2D eigenvalue weighted by Crippen LogP contribution is 2.27. The summed E-state index contributed by atoms with van der Waals surface area (Å²) in [5.41, 5.74) is -1.08. The third-order valence-corrected chi connectivity index (χ3v) is 5.02. The SMILES string of the molecule is CC(C(=O)NC1CCS(=O)(=O)C1)n1ccc(C(F)(F)F)n1. The number of alkyl halides is 3. The van der Waals surface area contributed by atoms with Crippen molar-refractivity contribution in [3.05, 3.63) is 18.0 Å². The third kappa shape index (κ3) is 3.74. The molecule has 1 aromatic rings. The Morgan fingerprint density at radius 2 is 2.19 bits per heavy atom. The summed E-state index contributed by atoms with van der Waals surface area (Å²) in [7, 11) is -3.13. The van der Waals surface area contributed by atoms with Crippen LogP contribution in [-0.4, -0.2) is 41.7 Å². The quantitative estimate of drug-likeness (QED) is 0.890. The van der Waals surface area contributed by atoms with Gasteiger partial charge in [-0.25, -0.2) is 8.42 Å². The van der Waals surface area contributed by atoms with E-state index in [1.807, 2.05) is 0 Å². The number of amides is 1. The minimum atomic E-state index is -4.57. The van der Waals surface area contributed by atoms with E-state index in [4.69, 9.17) is 0 Å². The molecule has 0 aromatic carbocycles. The largest absolute Gasteiger partial charge is 0.435 e. The lowest BCUT2D eigenvalue weighted by Crippen LogP contribution is -2.39. The maximum absolute atomic E-state index is 12.4. The van der Waals surface area contributed by atoms with Crippen LogP contribution in [0, 0.1) is 0 Å². The summed E-state index contributed by atoms with van der Waals surface area (Å²) in [6.45, 7) is 1.39. The average molecular weight is 325 g/mol. The number of hydrogen-bond donors (Lipinski definition) is 1. The second-order valence-electron chi connectivity index (χ2n) is 4.96. The molecule has 1 amide bonds. The fourth-order valence-electron chi connectivity index (χ4n) is 2.06. The Bertz CT molecular complexity index is 639. The molecule has 2 heterocycles. The summed E-state index contributed by atoms with van der Waals surface area (Å²) >= 11 is 0. The van der Waals surface area contributed by atoms with E-state index in [9.17, 15) is 26.4 Å². The van der Waals surface area contributed by atoms with Crippen molar-refractivity contribution in [3.63, 3.8) is 0 Å². The lowest BCUT2D eigenvalue weighted by Gasteiger charge is -2.16. The molecule has 1 N–H and O–H groups in total. The van der Waals surface area contributed by atoms with E-state index in [2.05, 4.69) is 10.4 Å². The molecule has 1 aromatic heterocycles. The molecular weight excluding hydrogens is 311 g/mol. The number of halogens is 3. The molecular formula is C11H14F3N3O3S. The van der Waals surface area contributed by atoms with E-state index in [0.717, 1.165) is 16.9 Å². The number of carbonyl (C=O) groups excluding carboxylic acids is 1. The van der Waals surface area contributed by atoms with Crippen molar-refractivity contribution in [1.29, 1.82) is 0 Å². The highest BCUT2D eigenvalue weighted by atomic mass is 32.2. The lowest BCUT2D eigenvalue weighted by atomic mass is 10.2. The number of sulfone groups is 1. The van der Waals surface area contributed by atoms with Gasteiger partial charge in [-0.3, -0.25) is 9.48 Å². The van der Waals surface area contributed by atoms with Crippen LogP contribution in [0.2, 0.25) is 0 Å². The third-order valence-electron chi connectivity index (χ3n) is 3.25. The van der Waals surface area contributed by atoms with Crippen molar-refractivity contribution in [2.75, 3.05) is 11.5 Å². The van der Waals surface area contributed by atoms with Gasteiger partial charge in [0.25, 0.3) is 0 Å². The van der Waals surface area contributed by atoms with Crippen LogP contribution in [0.25, 0.3) is 0 Å². The number of carbonyl (C=O) groups is 1. The number of aromatic nitrogens is 2. The first-order valence-corrected chi connectivity index (χ1v) is 8.04.